The zero-order valence-electron chi connectivity index (χ0n) is 16.3. The fourth-order valence-electron chi connectivity index (χ4n) is 2.82. The summed E-state index contributed by atoms with van der Waals surface area (Å²) in [5.74, 6) is -0.0894. The Hall–Kier alpha value is -2.16. The molecule has 8 heteroatoms. The number of nitrogens with zero attached hydrogens (tertiary/aromatic N) is 1. The van der Waals surface area contributed by atoms with Crippen LogP contribution in [0, 0.1) is 6.92 Å². The van der Waals surface area contributed by atoms with Crippen molar-refractivity contribution in [1.29, 1.82) is 0 Å². The van der Waals surface area contributed by atoms with Crippen LogP contribution in [-0.2, 0) is 9.53 Å². The van der Waals surface area contributed by atoms with Gasteiger partial charge in [0.1, 0.15) is 0 Å². The number of urea groups is 1. The van der Waals surface area contributed by atoms with Crippen molar-refractivity contribution in [2.45, 2.75) is 32.8 Å². The van der Waals surface area contributed by atoms with Crippen LogP contribution in [0.15, 0.2) is 18.2 Å². The van der Waals surface area contributed by atoms with Gasteiger partial charge in [-0.2, -0.15) is 0 Å². The summed E-state index contributed by atoms with van der Waals surface area (Å²) in [5.41, 5.74) is 1.07. The number of aryl methyl sites for hydroxylation is 1. The molecule has 0 spiro atoms. The second-order valence-corrected chi connectivity index (χ2v) is 7.12. The maximum atomic E-state index is 12.2. The summed E-state index contributed by atoms with van der Waals surface area (Å²) in [7, 11) is 0. The van der Waals surface area contributed by atoms with E-state index in [1.165, 1.54) is 0 Å². The van der Waals surface area contributed by atoms with Gasteiger partial charge in [0, 0.05) is 44.0 Å². The Morgan fingerprint density at radius 1 is 1.26 bits per heavy atom. The molecule has 0 bridgehead atoms. The summed E-state index contributed by atoms with van der Waals surface area (Å²) in [6.45, 7) is 8.82. The van der Waals surface area contributed by atoms with Crippen LogP contribution in [0.3, 0.4) is 0 Å². The lowest BCUT2D eigenvalue weighted by molar-refractivity contribution is -0.115. The number of carbonyl (C=O) groups is 2. The number of β-amino-alcohol motifs (C(OH)–C–C–N with tert-alkyl or cyclic N) is 1. The number of hydrogen-bond acceptors (Lipinski definition) is 5. The Bertz CT molecular complexity index is 657. The second kappa shape index (κ2) is 9.68. The normalized spacial score (nSPS) is 17.0. The van der Waals surface area contributed by atoms with Crippen LogP contribution in [0.5, 0.6) is 0 Å². The van der Waals surface area contributed by atoms with Gasteiger partial charge in [-0.05, 0) is 31.5 Å². The van der Waals surface area contributed by atoms with Gasteiger partial charge in [-0.1, -0.05) is 13.0 Å². The average molecular weight is 378 g/mol. The van der Waals surface area contributed by atoms with E-state index in [0.717, 1.165) is 18.7 Å². The molecule has 1 heterocycles. The van der Waals surface area contributed by atoms with Crippen molar-refractivity contribution in [3.8, 4) is 0 Å². The van der Waals surface area contributed by atoms with E-state index >= 15 is 0 Å². The quantitative estimate of drug-likeness (QED) is 0.576. The molecule has 0 unspecified atom stereocenters. The number of anilines is 2. The average Bonchev–Trinajstić information content (AvgIpc) is 2.63. The third-order valence-electron chi connectivity index (χ3n) is 4.39. The SMILES string of the molecule is CCC(=O)Nc1ccc(C)c(NC(=O)NC[C@@](C)(O)CN2CCOCC2)c1. The Kier molecular flexibility index (Phi) is 7.58. The molecule has 27 heavy (non-hydrogen) atoms. The minimum absolute atomic E-state index is 0.0894. The van der Waals surface area contributed by atoms with Crippen LogP contribution in [0.1, 0.15) is 25.8 Å². The van der Waals surface area contributed by atoms with Gasteiger partial charge in [-0.15, -0.1) is 0 Å². The number of benzene rings is 1. The summed E-state index contributed by atoms with van der Waals surface area (Å²) >= 11 is 0. The Balaban J connectivity index is 1.87. The van der Waals surface area contributed by atoms with Gasteiger partial charge in [-0.25, -0.2) is 4.79 Å². The molecule has 0 saturated carbocycles. The summed E-state index contributed by atoms with van der Waals surface area (Å²) in [6.07, 6.45) is 0.384. The molecule has 150 valence electrons. The smallest absolute Gasteiger partial charge is 0.319 e. The summed E-state index contributed by atoms with van der Waals surface area (Å²) in [6, 6.07) is 4.93. The van der Waals surface area contributed by atoms with Gasteiger partial charge in [0.05, 0.1) is 18.8 Å². The zero-order valence-corrected chi connectivity index (χ0v) is 16.3. The molecule has 4 N–H and O–H groups in total. The van der Waals surface area contributed by atoms with Crippen molar-refractivity contribution < 1.29 is 19.4 Å². The van der Waals surface area contributed by atoms with Crippen molar-refractivity contribution >= 4 is 23.3 Å². The van der Waals surface area contributed by atoms with Crippen molar-refractivity contribution in [2.75, 3.05) is 50.0 Å². The third-order valence-corrected chi connectivity index (χ3v) is 4.39. The highest BCUT2D eigenvalue weighted by Gasteiger charge is 2.26. The molecule has 1 aromatic carbocycles. The number of amides is 3. The van der Waals surface area contributed by atoms with Gasteiger partial charge in [0.25, 0.3) is 0 Å². The molecular weight excluding hydrogens is 348 g/mol. The monoisotopic (exact) mass is 378 g/mol. The first kappa shape index (κ1) is 21.1. The minimum atomic E-state index is -1.04. The number of carbonyl (C=O) groups excluding carboxylic acids is 2. The van der Waals surface area contributed by atoms with Crippen LogP contribution < -0.4 is 16.0 Å². The van der Waals surface area contributed by atoms with Crippen LogP contribution in [-0.4, -0.2) is 66.9 Å². The Morgan fingerprint density at radius 3 is 2.63 bits per heavy atom. The number of nitrogens with one attached hydrogen (secondary N) is 3. The van der Waals surface area contributed by atoms with Gasteiger partial charge in [-0.3, -0.25) is 9.69 Å². The van der Waals surface area contributed by atoms with E-state index in [1.54, 1.807) is 26.0 Å². The van der Waals surface area contributed by atoms with E-state index < -0.39 is 11.6 Å². The number of rotatable bonds is 7. The van der Waals surface area contributed by atoms with Gasteiger partial charge < -0.3 is 25.8 Å². The number of aliphatic hydroxyl groups is 1. The lowest BCUT2D eigenvalue weighted by Gasteiger charge is -2.33. The summed E-state index contributed by atoms with van der Waals surface area (Å²) in [5, 5.41) is 18.8. The molecule has 1 atom stereocenters. The van der Waals surface area contributed by atoms with Gasteiger partial charge >= 0.3 is 6.03 Å². The lowest BCUT2D eigenvalue weighted by atomic mass is 10.1. The van der Waals surface area contributed by atoms with Gasteiger partial charge in [0.2, 0.25) is 5.91 Å². The van der Waals surface area contributed by atoms with E-state index in [1.807, 2.05) is 13.0 Å². The number of ether oxygens (including phenoxy) is 1. The molecule has 8 nitrogen and oxygen atoms in total. The third kappa shape index (κ3) is 7.16. The van der Waals surface area contributed by atoms with E-state index in [2.05, 4.69) is 20.9 Å². The molecular formula is C19H30N4O4. The second-order valence-electron chi connectivity index (χ2n) is 7.12. The molecule has 1 fully saturated rings. The Morgan fingerprint density at radius 2 is 1.96 bits per heavy atom. The molecule has 0 aliphatic carbocycles. The molecule has 0 aromatic heterocycles. The first-order valence-corrected chi connectivity index (χ1v) is 9.27. The van der Waals surface area contributed by atoms with E-state index in [4.69, 9.17) is 4.74 Å². The molecule has 1 aromatic rings. The topological polar surface area (TPSA) is 103 Å². The van der Waals surface area contributed by atoms with E-state index in [9.17, 15) is 14.7 Å². The predicted octanol–water partition coefficient (Wildman–Crippen LogP) is 1.55. The maximum absolute atomic E-state index is 12.2. The van der Waals surface area contributed by atoms with Crippen molar-refractivity contribution in [2.24, 2.45) is 0 Å². The lowest BCUT2D eigenvalue weighted by Crippen LogP contribution is -2.51. The number of hydrogen-bond donors (Lipinski definition) is 4. The van der Waals surface area contributed by atoms with Crippen LogP contribution in [0.2, 0.25) is 0 Å². The molecule has 2 rings (SSSR count). The van der Waals surface area contributed by atoms with Crippen molar-refractivity contribution in [1.82, 2.24) is 10.2 Å². The first-order chi connectivity index (χ1) is 12.8. The zero-order chi connectivity index (χ0) is 19.9. The molecule has 1 aliphatic heterocycles. The highest BCUT2D eigenvalue weighted by molar-refractivity contribution is 5.94. The molecule has 1 aliphatic rings. The standard InChI is InChI=1S/C19H30N4O4/c1-4-17(24)21-15-6-5-14(2)16(11-15)22-18(25)20-12-19(3,26)13-23-7-9-27-10-8-23/h5-6,11,26H,4,7-10,12-13H2,1-3H3,(H,21,24)(H2,20,22,25)/t19-/m1/s1. The van der Waals surface area contributed by atoms with E-state index in [0.29, 0.717) is 37.6 Å². The predicted molar refractivity (Wildman–Crippen MR) is 105 cm³/mol. The minimum Gasteiger partial charge on any atom is -0.387 e. The molecule has 0 radical (unpaired) electrons. The summed E-state index contributed by atoms with van der Waals surface area (Å²) in [4.78, 5) is 25.9. The van der Waals surface area contributed by atoms with Crippen LogP contribution in [0.25, 0.3) is 0 Å². The van der Waals surface area contributed by atoms with E-state index in [-0.39, 0.29) is 12.5 Å². The molecule has 1 saturated heterocycles. The van der Waals surface area contributed by atoms with Crippen molar-refractivity contribution in [3.63, 3.8) is 0 Å². The van der Waals surface area contributed by atoms with Crippen LogP contribution >= 0.6 is 0 Å². The summed E-state index contributed by atoms with van der Waals surface area (Å²) < 4.78 is 5.30. The largest absolute Gasteiger partial charge is 0.387 e. The maximum Gasteiger partial charge on any atom is 0.319 e. The highest BCUT2D eigenvalue weighted by atomic mass is 16.5. The fraction of sp³-hybridized carbons (Fsp3) is 0.579. The fourth-order valence-corrected chi connectivity index (χ4v) is 2.82. The number of morpholine rings is 1. The van der Waals surface area contributed by atoms with Crippen molar-refractivity contribution in [3.05, 3.63) is 23.8 Å². The highest BCUT2D eigenvalue weighted by Crippen LogP contribution is 2.20. The Labute approximate surface area is 160 Å². The molecule has 3 amide bonds. The first-order valence-electron chi connectivity index (χ1n) is 9.27. The van der Waals surface area contributed by atoms with Gasteiger partial charge in [0.15, 0.2) is 0 Å². The van der Waals surface area contributed by atoms with Crippen LogP contribution in [0.4, 0.5) is 16.2 Å².